The van der Waals surface area contributed by atoms with Gasteiger partial charge in [-0.25, -0.2) is 0 Å². The van der Waals surface area contributed by atoms with Crippen LogP contribution < -0.4 is 4.74 Å². The summed E-state index contributed by atoms with van der Waals surface area (Å²) in [5.74, 6) is 0.917. The Hall–Kier alpha value is -0.990. The Bertz CT molecular complexity index is 528. The highest BCUT2D eigenvalue weighted by molar-refractivity contribution is 9.10. The van der Waals surface area contributed by atoms with E-state index < -0.39 is 0 Å². The third kappa shape index (κ3) is 3.99. The standard InChI is InChI=1S/C16H16BrClO/c1-19-16-10-8-14(17)11-13(16)7-9-15(18)12-5-3-2-4-6-12/h2-6,8,10-11,15H,7,9H2,1H3. The van der Waals surface area contributed by atoms with Crippen molar-refractivity contribution in [3.8, 4) is 5.75 Å². The van der Waals surface area contributed by atoms with Gasteiger partial charge in [0, 0.05) is 4.47 Å². The minimum Gasteiger partial charge on any atom is -0.496 e. The van der Waals surface area contributed by atoms with Crippen molar-refractivity contribution in [1.82, 2.24) is 0 Å². The lowest BCUT2D eigenvalue weighted by atomic mass is 10.0. The molecule has 0 aliphatic rings. The number of benzene rings is 2. The Kier molecular flexibility index (Phi) is 5.29. The van der Waals surface area contributed by atoms with Crippen molar-refractivity contribution in [3.63, 3.8) is 0 Å². The van der Waals surface area contributed by atoms with Gasteiger partial charge in [-0.3, -0.25) is 0 Å². The first-order valence-corrected chi connectivity index (χ1v) is 7.45. The quantitative estimate of drug-likeness (QED) is 0.665. The first kappa shape index (κ1) is 14.4. The van der Waals surface area contributed by atoms with Crippen LogP contribution >= 0.6 is 27.5 Å². The number of aryl methyl sites for hydroxylation is 1. The van der Waals surface area contributed by atoms with Gasteiger partial charge in [-0.05, 0) is 42.2 Å². The first-order valence-electron chi connectivity index (χ1n) is 6.22. The number of hydrogen-bond donors (Lipinski definition) is 0. The van der Waals surface area contributed by atoms with Crippen LogP contribution in [-0.4, -0.2) is 7.11 Å². The Labute approximate surface area is 127 Å². The largest absolute Gasteiger partial charge is 0.496 e. The molecular weight excluding hydrogens is 324 g/mol. The highest BCUT2D eigenvalue weighted by Crippen LogP contribution is 2.29. The van der Waals surface area contributed by atoms with E-state index >= 15 is 0 Å². The number of ether oxygens (including phenoxy) is 1. The minimum absolute atomic E-state index is 0.0323. The minimum atomic E-state index is 0.0323. The molecule has 0 saturated heterocycles. The topological polar surface area (TPSA) is 9.23 Å². The number of hydrogen-bond acceptors (Lipinski definition) is 1. The second-order valence-corrected chi connectivity index (χ2v) is 5.82. The van der Waals surface area contributed by atoms with E-state index in [0.717, 1.165) is 28.6 Å². The van der Waals surface area contributed by atoms with Gasteiger partial charge in [0.25, 0.3) is 0 Å². The van der Waals surface area contributed by atoms with E-state index in [2.05, 4.69) is 34.1 Å². The van der Waals surface area contributed by atoms with Crippen LogP contribution in [0.1, 0.15) is 22.9 Å². The Morgan fingerprint density at radius 3 is 2.58 bits per heavy atom. The summed E-state index contributed by atoms with van der Waals surface area (Å²) in [4.78, 5) is 0. The first-order chi connectivity index (χ1) is 9.20. The van der Waals surface area contributed by atoms with Crippen molar-refractivity contribution in [2.75, 3.05) is 7.11 Å². The molecule has 1 atom stereocenters. The van der Waals surface area contributed by atoms with Gasteiger partial charge < -0.3 is 4.74 Å². The maximum absolute atomic E-state index is 6.44. The molecule has 0 amide bonds. The van der Waals surface area contributed by atoms with E-state index in [-0.39, 0.29) is 5.38 Å². The van der Waals surface area contributed by atoms with Gasteiger partial charge in [-0.15, -0.1) is 11.6 Å². The Balaban J connectivity index is 2.04. The molecule has 0 bridgehead atoms. The van der Waals surface area contributed by atoms with Gasteiger partial charge in [0.15, 0.2) is 0 Å². The van der Waals surface area contributed by atoms with Crippen molar-refractivity contribution >= 4 is 27.5 Å². The number of alkyl halides is 1. The van der Waals surface area contributed by atoms with Crippen LogP contribution in [0.4, 0.5) is 0 Å². The number of halogens is 2. The summed E-state index contributed by atoms with van der Waals surface area (Å²) in [6, 6.07) is 16.2. The van der Waals surface area contributed by atoms with E-state index in [1.807, 2.05) is 30.3 Å². The SMILES string of the molecule is COc1ccc(Br)cc1CCC(Cl)c1ccccc1. The summed E-state index contributed by atoms with van der Waals surface area (Å²) in [6.07, 6.45) is 1.78. The fraction of sp³-hybridized carbons (Fsp3) is 0.250. The lowest BCUT2D eigenvalue weighted by Gasteiger charge is -2.12. The summed E-state index contributed by atoms with van der Waals surface area (Å²) < 4.78 is 6.44. The molecule has 0 fully saturated rings. The van der Waals surface area contributed by atoms with Crippen molar-refractivity contribution < 1.29 is 4.74 Å². The molecule has 0 aliphatic carbocycles. The van der Waals surface area contributed by atoms with Crippen molar-refractivity contribution in [3.05, 3.63) is 64.1 Å². The molecule has 1 nitrogen and oxygen atoms in total. The van der Waals surface area contributed by atoms with Crippen LogP contribution in [-0.2, 0) is 6.42 Å². The predicted octanol–water partition coefficient (Wildman–Crippen LogP) is 5.37. The van der Waals surface area contributed by atoms with Gasteiger partial charge in [-0.1, -0.05) is 46.3 Å². The fourth-order valence-corrected chi connectivity index (χ4v) is 2.72. The van der Waals surface area contributed by atoms with Gasteiger partial charge in [0.2, 0.25) is 0 Å². The molecule has 2 aromatic carbocycles. The van der Waals surface area contributed by atoms with Crippen molar-refractivity contribution in [2.24, 2.45) is 0 Å². The zero-order valence-corrected chi connectivity index (χ0v) is 13.1. The maximum atomic E-state index is 6.44. The number of rotatable bonds is 5. The van der Waals surface area contributed by atoms with E-state index in [0.29, 0.717) is 0 Å². The molecule has 19 heavy (non-hydrogen) atoms. The number of methoxy groups -OCH3 is 1. The van der Waals surface area contributed by atoms with E-state index in [1.54, 1.807) is 7.11 Å². The van der Waals surface area contributed by atoms with E-state index in [9.17, 15) is 0 Å². The summed E-state index contributed by atoms with van der Waals surface area (Å²) >= 11 is 9.93. The molecule has 2 aromatic rings. The zero-order chi connectivity index (χ0) is 13.7. The van der Waals surface area contributed by atoms with Crippen LogP contribution in [0, 0.1) is 0 Å². The van der Waals surface area contributed by atoms with Crippen LogP contribution in [0.5, 0.6) is 5.75 Å². The molecule has 100 valence electrons. The van der Waals surface area contributed by atoms with E-state index in [1.165, 1.54) is 5.56 Å². The molecule has 1 unspecified atom stereocenters. The van der Waals surface area contributed by atoms with Crippen molar-refractivity contribution in [2.45, 2.75) is 18.2 Å². The summed E-state index contributed by atoms with van der Waals surface area (Å²) in [7, 11) is 1.70. The lowest BCUT2D eigenvalue weighted by molar-refractivity contribution is 0.409. The summed E-state index contributed by atoms with van der Waals surface area (Å²) in [5, 5.41) is 0.0323. The lowest BCUT2D eigenvalue weighted by Crippen LogP contribution is -1.97. The highest BCUT2D eigenvalue weighted by atomic mass is 79.9. The van der Waals surface area contributed by atoms with Gasteiger partial charge in [0.1, 0.15) is 5.75 Å². The van der Waals surface area contributed by atoms with Crippen LogP contribution in [0.3, 0.4) is 0 Å². The second-order valence-electron chi connectivity index (χ2n) is 4.37. The van der Waals surface area contributed by atoms with Gasteiger partial charge in [-0.2, -0.15) is 0 Å². The molecular formula is C16H16BrClO. The highest BCUT2D eigenvalue weighted by Gasteiger charge is 2.10. The molecule has 0 heterocycles. The fourth-order valence-electron chi connectivity index (χ4n) is 2.05. The molecule has 0 N–H and O–H groups in total. The monoisotopic (exact) mass is 338 g/mol. The maximum Gasteiger partial charge on any atom is 0.122 e. The summed E-state index contributed by atoms with van der Waals surface area (Å²) in [5.41, 5.74) is 2.34. The van der Waals surface area contributed by atoms with Crippen LogP contribution in [0.15, 0.2) is 53.0 Å². The predicted molar refractivity (Wildman–Crippen MR) is 84.1 cm³/mol. The smallest absolute Gasteiger partial charge is 0.122 e. The normalized spacial score (nSPS) is 12.2. The molecule has 0 aliphatic heterocycles. The Morgan fingerprint density at radius 2 is 1.89 bits per heavy atom. The Morgan fingerprint density at radius 1 is 1.16 bits per heavy atom. The molecule has 0 aromatic heterocycles. The van der Waals surface area contributed by atoms with E-state index in [4.69, 9.17) is 16.3 Å². The van der Waals surface area contributed by atoms with Gasteiger partial charge in [0.05, 0.1) is 12.5 Å². The zero-order valence-electron chi connectivity index (χ0n) is 10.8. The summed E-state index contributed by atoms with van der Waals surface area (Å²) in [6.45, 7) is 0. The third-order valence-electron chi connectivity index (χ3n) is 3.07. The molecule has 0 saturated carbocycles. The second kappa shape index (κ2) is 6.97. The average Bonchev–Trinajstić information content (AvgIpc) is 2.46. The van der Waals surface area contributed by atoms with Gasteiger partial charge >= 0.3 is 0 Å². The molecule has 0 spiro atoms. The van der Waals surface area contributed by atoms with Crippen LogP contribution in [0.25, 0.3) is 0 Å². The van der Waals surface area contributed by atoms with Crippen molar-refractivity contribution in [1.29, 1.82) is 0 Å². The third-order valence-corrected chi connectivity index (χ3v) is 4.03. The van der Waals surface area contributed by atoms with Crippen LogP contribution in [0.2, 0.25) is 0 Å². The molecule has 3 heteroatoms. The average molecular weight is 340 g/mol. The molecule has 0 radical (unpaired) electrons. The molecule has 2 rings (SSSR count).